The van der Waals surface area contributed by atoms with Gasteiger partial charge in [-0.15, -0.1) is 0 Å². The highest BCUT2D eigenvalue weighted by molar-refractivity contribution is 7.07. The van der Waals surface area contributed by atoms with Crippen LogP contribution in [-0.4, -0.2) is 26.6 Å². The number of nitro groups is 1. The van der Waals surface area contributed by atoms with Crippen LogP contribution in [0.15, 0.2) is 75.7 Å². The number of hydrogen-bond donors (Lipinski definition) is 0. The monoisotopic (exact) mass is 560 g/mol. The van der Waals surface area contributed by atoms with E-state index in [4.69, 9.17) is 4.74 Å². The number of non-ortho nitro benzene ring substituents is 1. The van der Waals surface area contributed by atoms with Crippen LogP contribution in [0.4, 0.5) is 10.1 Å². The van der Waals surface area contributed by atoms with Crippen LogP contribution in [0.5, 0.6) is 0 Å². The number of carbonyl (C=O) groups is 1. The van der Waals surface area contributed by atoms with E-state index in [-0.39, 0.29) is 23.4 Å². The molecular formula is C29H25FN4O5S. The number of aromatic nitrogens is 2. The van der Waals surface area contributed by atoms with Crippen LogP contribution in [0.1, 0.15) is 42.4 Å². The zero-order valence-corrected chi connectivity index (χ0v) is 23.0. The topological polar surface area (TPSA) is 109 Å². The van der Waals surface area contributed by atoms with Gasteiger partial charge in [-0.1, -0.05) is 23.5 Å². The molecule has 0 spiro atoms. The first-order valence-corrected chi connectivity index (χ1v) is 13.3. The Bertz CT molecular complexity index is 1870. The van der Waals surface area contributed by atoms with Gasteiger partial charge in [-0.05, 0) is 75.2 Å². The summed E-state index contributed by atoms with van der Waals surface area (Å²) in [5.41, 5.74) is 4.15. The van der Waals surface area contributed by atoms with Gasteiger partial charge < -0.3 is 9.30 Å². The highest BCUT2D eigenvalue weighted by Crippen LogP contribution is 2.31. The van der Waals surface area contributed by atoms with E-state index >= 15 is 0 Å². The van der Waals surface area contributed by atoms with Gasteiger partial charge in [0.15, 0.2) is 4.80 Å². The average Bonchev–Trinajstić information content (AvgIpc) is 3.37. The van der Waals surface area contributed by atoms with E-state index in [1.54, 1.807) is 44.2 Å². The number of nitrogens with zero attached hydrogens (tertiary/aromatic N) is 4. The van der Waals surface area contributed by atoms with E-state index in [0.717, 1.165) is 22.6 Å². The number of benzene rings is 2. The third-order valence-corrected chi connectivity index (χ3v) is 7.76. The van der Waals surface area contributed by atoms with Crippen molar-refractivity contribution in [2.24, 2.45) is 4.99 Å². The van der Waals surface area contributed by atoms with Crippen molar-refractivity contribution < 1.29 is 18.8 Å². The van der Waals surface area contributed by atoms with Crippen molar-refractivity contribution in [3.8, 4) is 5.69 Å². The normalized spacial score (nSPS) is 15.1. The average molecular weight is 561 g/mol. The van der Waals surface area contributed by atoms with Gasteiger partial charge in [-0.2, -0.15) is 0 Å². The summed E-state index contributed by atoms with van der Waals surface area (Å²) >= 11 is 1.20. The molecule has 9 nitrogen and oxygen atoms in total. The quantitative estimate of drug-likeness (QED) is 0.199. The number of fused-ring (bicyclic) bond motifs is 1. The van der Waals surface area contributed by atoms with Gasteiger partial charge in [0, 0.05) is 29.2 Å². The second-order valence-electron chi connectivity index (χ2n) is 9.29. The maximum absolute atomic E-state index is 13.8. The van der Waals surface area contributed by atoms with Crippen LogP contribution in [0.2, 0.25) is 0 Å². The SMILES string of the molecule is CCOC(=O)C1=C(C)N=c2sc(=Cc3cc(C)n(-c4ccc([N+](=O)[O-])cc4)c3C)c(=O)n2[C@H]1c1ccc(F)cc1. The van der Waals surface area contributed by atoms with Crippen LogP contribution >= 0.6 is 11.3 Å². The maximum atomic E-state index is 13.8. The number of ether oxygens (including phenoxy) is 1. The smallest absolute Gasteiger partial charge is 0.338 e. The Balaban J connectivity index is 1.66. The zero-order chi connectivity index (χ0) is 28.7. The maximum Gasteiger partial charge on any atom is 0.338 e. The van der Waals surface area contributed by atoms with Crippen molar-refractivity contribution >= 4 is 29.1 Å². The number of aryl methyl sites for hydroxylation is 1. The fraction of sp³-hybridized carbons (Fsp3) is 0.207. The lowest BCUT2D eigenvalue weighted by Crippen LogP contribution is -2.39. The summed E-state index contributed by atoms with van der Waals surface area (Å²) in [4.78, 5) is 42.4. The molecule has 1 aliphatic heterocycles. The first kappa shape index (κ1) is 26.9. The van der Waals surface area contributed by atoms with Gasteiger partial charge in [0.25, 0.3) is 11.2 Å². The molecule has 0 saturated heterocycles. The number of allylic oxidation sites excluding steroid dienone is 1. The molecule has 0 saturated carbocycles. The van der Waals surface area contributed by atoms with Crippen LogP contribution < -0.4 is 14.9 Å². The molecular weight excluding hydrogens is 535 g/mol. The van der Waals surface area contributed by atoms with Crippen LogP contribution in [0, 0.1) is 29.8 Å². The molecule has 204 valence electrons. The van der Waals surface area contributed by atoms with Gasteiger partial charge in [-0.3, -0.25) is 19.5 Å². The van der Waals surface area contributed by atoms with Gasteiger partial charge in [-0.25, -0.2) is 14.2 Å². The van der Waals surface area contributed by atoms with Crippen LogP contribution in [-0.2, 0) is 9.53 Å². The molecule has 4 aromatic rings. The Hall–Kier alpha value is -4.64. The predicted molar refractivity (Wildman–Crippen MR) is 149 cm³/mol. The minimum atomic E-state index is -0.828. The van der Waals surface area contributed by atoms with Crippen molar-refractivity contribution in [2.45, 2.75) is 33.7 Å². The van der Waals surface area contributed by atoms with Gasteiger partial charge in [0.1, 0.15) is 5.82 Å². The second-order valence-corrected chi connectivity index (χ2v) is 10.3. The highest BCUT2D eigenvalue weighted by Gasteiger charge is 2.33. The molecule has 0 N–H and O–H groups in total. The van der Waals surface area contributed by atoms with E-state index in [1.165, 1.54) is 40.2 Å². The molecule has 3 heterocycles. The van der Waals surface area contributed by atoms with E-state index in [0.29, 0.717) is 20.6 Å². The Morgan fingerprint density at radius 1 is 1.15 bits per heavy atom. The molecule has 0 amide bonds. The van der Waals surface area contributed by atoms with Gasteiger partial charge >= 0.3 is 5.97 Å². The molecule has 0 unspecified atom stereocenters. The number of halogens is 1. The Kier molecular flexibility index (Phi) is 7.07. The van der Waals surface area contributed by atoms with Crippen LogP contribution in [0.25, 0.3) is 11.8 Å². The van der Waals surface area contributed by atoms with E-state index in [2.05, 4.69) is 4.99 Å². The van der Waals surface area contributed by atoms with Crippen molar-refractivity contribution in [1.29, 1.82) is 0 Å². The fourth-order valence-electron chi connectivity index (χ4n) is 4.95. The lowest BCUT2D eigenvalue weighted by atomic mass is 9.96. The first-order valence-electron chi connectivity index (χ1n) is 12.5. The number of esters is 1. The molecule has 1 atom stereocenters. The Morgan fingerprint density at radius 3 is 2.45 bits per heavy atom. The van der Waals surface area contributed by atoms with Gasteiger partial charge in [0.2, 0.25) is 0 Å². The van der Waals surface area contributed by atoms with E-state index in [9.17, 15) is 24.1 Å². The number of hydrogen-bond acceptors (Lipinski definition) is 7. The molecule has 1 aliphatic rings. The molecule has 0 aliphatic carbocycles. The van der Waals surface area contributed by atoms with Crippen molar-refractivity contribution in [2.75, 3.05) is 6.61 Å². The molecule has 2 aromatic heterocycles. The summed E-state index contributed by atoms with van der Waals surface area (Å²) in [6, 6.07) is 13.0. The lowest BCUT2D eigenvalue weighted by Gasteiger charge is -2.24. The third-order valence-electron chi connectivity index (χ3n) is 6.78. The van der Waals surface area contributed by atoms with Crippen molar-refractivity contribution in [3.05, 3.63) is 124 Å². The Morgan fingerprint density at radius 2 is 1.82 bits per heavy atom. The summed E-state index contributed by atoms with van der Waals surface area (Å²) in [6.07, 6.45) is 1.78. The second kappa shape index (κ2) is 10.5. The molecule has 11 heteroatoms. The van der Waals surface area contributed by atoms with E-state index in [1.807, 2.05) is 24.5 Å². The van der Waals surface area contributed by atoms with Crippen molar-refractivity contribution in [1.82, 2.24) is 9.13 Å². The predicted octanol–water partition coefficient (Wildman–Crippen LogP) is 4.25. The minimum Gasteiger partial charge on any atom is -0.463 e. The largest absolute Gasteiger partial charge is 0.463 e. The number of rotatable bonds is 6. The molecule has 2 aromatic carbocycles. The standard InChI is InChI=1S/C29H25FN4O5S/c1-5-39-28(36)25-17(3)31-29-33(26(25)19-6-8-21(30)9-7-19)27(35)24(40-29)15-20-14-16(2)32(18(20)4)22-10-12-23(13-11-22)34(37)38/h6-15,26H,5H2,1-4H3/t26-/m0/s1. The molecule has 0 fully saturated rings. The summed E-state index contributed by atoms with van der Waals surface area (Å²) in [5.74, 6) is -1.02. The molecule has 0 radical (unpaired) electrons. The first-order chi connectivity index (χ1) is 19.1. The number of thiazole rings is 1. The third kappa shape index (κ3) is 4.68. The van der Waals surface area contributed by atoms with E-state index < -0.39 is 22.8 Å². The summed E-state index contributed by atoms with van der Waals surface area (Å²) < 4.78 is 22.9. The zero-order valence-electron chi connectivity index (χ0n) is 22.2. The number of carbonyl (C=O) groups excluding carboxylic acids is 1. The van der Waals surface area contributed by atoms with Gasteiger partial charge in [0.05, 0.1) is 33.4 Å². The highest BCUT2D eigenvalue weighted by atomic mass is 32.1. The van der Waals surface area contributed by atoms with Crippen LogP contribution in [0.3, 0.4) is 0 Å². The van der Waals surface area contributed by atoms with Crippen molar-refractivity contribution in [3.63, 3.8) is 0 Å². The molecule has 0 bridgehead atoms. The summed E-state index contributed by atoms with van der Waals surface area (Å²) in [6.45, 7) is 7.36. The summed E-state index contributed by atoms with van der Waals surface area (Å²) in [5, 5.41) is 11.1. The Labute approximate surface area is 232 Å². The lowest BCUT2D eigenvalue weighted by molar-refractivity contribution is -0.384. The molecule has 5 rings (SSSR count). The molecule has 40 heavy (non-hydrogen) atoms. The number of nitro benzene ring substituents is 1. The minimum absolute atomic E-state index is 0.000681. The fourth-order valence-corrected chi connectivity index (χ4v) is 5.99. The summed E-state index contributed by atoms with van der Waals surface area (Å²) in [7, 11) is 0.